The Kier molecular flexibility index (Phi) is 3.41. The molecule has 0 saturated heterocycles. The van der Waals surface area contributed by atoms with Crippen LogP contribution in [0.25, 0.3) is 0 Å². The molecule has 0 aliphatic heterocycles. The highest BCUT2D eigenvalue weighted by molar-refractivity contribution is 6.68. The number of aliphatic hydroxyl groups is 1. The second kappa shape index (κ2) is 4.01. The molecule has 0 saturated carbocycles. The highest BCUT2D eigenvalue weighted by Gasteiger charge is 2.32. The maximum atomic E-state index is 9.56. The number of hydrogen-bond donors (Lipinski definition) is 1. The van der Waals surface area contributed by atoms with Gasteiger partial charge in [0.05, 0.1) is 0 Å². The van der Waals surface area contributed by atoms with Gasteiger partial charge in [-0.15, -0.1) is 0 Å². The second-order valence-corrected chi connectivity index (χ2v) is 5.04. The summed E-state index contributed by atoms with van der Waals surface area (Å²) in [5, 5.41) is 9.56. The number of alkyl halides is 3. The first-order valence-electron chi connectivity index (χ1n) is 3.58. The molecule has 0 fully saturated rings. The molecule has 2 nitrogen and oxygen atoms in total. The molecule has 1 aromatic heterocycles. The van der Waals surface area contributed by atoms with Gasteiger partial charge in [-0.05, 0) is 24.6 Å². The second-order valence-electron chi connectivity index (χ2n) is 2.67. The van der Waals surface area contributed by atoms with E-state index in [2.05, 4.69) is 4.98 Å². The number of aliphatic hydroxyl groups excluding tert-OH is 1. The number of aryl methyl sites for hydroxylation is 1. The summed E-state index contributed by atoms with van der Waals surface area (Å²) in [6.07, 6.45) is 0.434. The van der Waals surface area contributed by atoms with Gasteiger partial charge in [-0.2, -0.15) is 0 Å². The van der Waals surface area contributed by atoms with Crippen LogP contribution in [0.3, 0.4) is 0 Å². The third-order valence-corrected chi connectivity index (χ3v) is 2.17. The Bertz CT molecular complexity index is 298. The molecule has 5 heteroatoms. The summed E-state index contributed by atoms with van der Waals surface area (Å²) in [5.41, 5.74) is 1.32. The average molecular weight is 241 g/mol. The van der Waals surface area contributed by atoms with Crippen LogP contribution >= 0.6 is 34.8 Å². The Labute approximate surface area is 91.4 Å². The lowest BCUT2D eigenvalue weighted by Crippen LogP contribution is -2.16. The molecule has 1 atom stereocenters. The summed E-state index contributed by atoms with van der Waals surface area (Å²) in [4.78, 5) is 3.96. The van der Waals surface area contributed by atoms with Gasteiger partial charge < -0.3 is 5.11 Å². The first kappa shape index (κ1) is 11.1. The van der Waals surface area contributed by atoms with Crippen molar-refractivity contribution < 1.29 is 5.11 Å². The van der Waals surface area contributed by atoms with Crippen LogP contribution in [0.2, 0.25) is 0 Å². The van der Waals surface area contributed by atoms with Crippen LogP contribution in [0, 0.1) is 6.92 Å². The van der Waals surface area contributed by atoms with E-state index in [1.54, 1.807) is 25.3 Å². The summed E-state index contributed by atoms with van der Waals surface area (Å²) in [5.74, 6) is 0. The van der Waals surface area contributed by atoms with Gasteiger partial charge in [-0.25, -0.2) is 0 Å². The molecule has 1 N–H and O–H groups in total. The van der Waals surface area contributed by atoms with Crippen LogP contribution in [0.1, 0.15) is 17.4 Å². The molecule has 0 aliphatic carbocycles. The van der Waals surface area contributed by atoms with Gasteiger partial charge in [-0.3, -0.25) is 4.98 Å². The standard InChI is InChI=1S/C8H8Cl3NO/c1-5-4-6(2-3-12-5)7(13)8(9,10)11/h2-4,7,13H,1H3. The van der Waals surface area contributed by atoms with E-state index in [-0.39, 0.29) is 0 Å². The highest BCUT2D eigenvalue weighted by atomic mass is 35.6. The van der Waals surface area contributed by atoms with Crippen LogP contribution < -0.4 is 0 Å². The average Bonchev–Trinajstić information content (AvgIpc) is 2.01. The van der Waals surface area contributed by atoms with E-state index in [1.807, 2.05) is 0 Å². The quantitative estimate of drug-likeness (QED) is 0.766. The number of halogens is 3. The molecule has 13 heavy (non-hydrogen) atoms. The van der Waals surface area contributed by atoms with Gasteiger partial charge >= 0.3 is 0 Å². The van der Waals surface area contributed by atoms with Crippen LogP contribution in [0.4, 0.5) is 0 Å². The highest BCUT2D eigenvalue weighted by Crippen LogP contribution is 2.39. The van der Waals surface area contributed by atoms with E-state index >= 15 is 0 Å². The fraction of sp³-hybridized carbons (Fsp3) is 0.375. The van der Waals surface area contributed by atoms with Gasteiger partial charge in [0.2, 0.25) is 3.79 Å². The van der Waals surface area contributed by atoms with E-state index in [9.17, 15) is 5.11 Å². The largest absolute Gasteiger partial charge is 0.384 e. The molecular formula is C8H8Cl3NO. The van der Waals surface area contributed by atoms with Gasteiger partial charge in [0.1, 0.15) is 6.10 Å². The van der Waals surface area contributed by atoms with Crippen LogP contribution in [0.5, 0.6) is 0 Å². The van der Waals surface area contributed by atoms with Gasteiger partial charge in [-0.1, -0.05) is 34.8 Å². The van der Waals surface area contributed by atoms with E-state index < -0.39 is 9.90 Å². The Hall–Kier alpha value is -0.0200. The van der Waals surface area contributed by atoms with Gasteiger partial charge in [0.25, 0.3) is 0 Å². The molecule has 0 aliphatic rings. The number of aromatic nitrogens is 1. The third kappa shape index (κ3) is 2.99. The molecule has 1 aromatic rings. The van der Waals surface area contributed by atoms with Crippen molar-refractivity contribution in [1.82, 2.24) is 4.98 Å². The zero-order valence-electron chi connectivity index (χ0n) is 6.84. The van der Waals surface area contributed by atoms with E-state index in [4.69, 9.17) is 34.8 Å². The molecule has 1 heterocycles. The van der Waals surface area contributed by atoms with Crippen molar-refractivity contribution in [3.63, 3.8) is 0 Å². The van der Waals surface area contributed by atoms with E-state index in [0.717, 1.165) is 5.69 Å². The monoisotopic (exact) mass is 239 g/mol. The Morgan fingerprint density at radius 3 is 2.54 bits per heavy atom. The first-order chi connectivity index (χ1) is 5.91. The van der Waals surface area contributed by atoms with Crippen molar-refractivity contribution in [3.8, 4) is 0 Å². The van der Waals surface area contributed by atoms with Crippen molar-refractivity contribution >= 4 is 34.8 Å². The maximum absolute atomic E-state index is 9.56. The lowest BCUT2D eigenvalue weighted by atomic mass is 10.1. The molecule has 0 radical (unpaired) electrons. The molecule has 0 amide bonds. The molecule has 0 spiro atoms. The summed E-state index contributed by atoms with van der Waals surface area (Å²) < 4.78 is -1.70. The molecule has 1 rings (SSSR count). The zero-order valence-corrected chi connectivity index (χ0v) is 9.11. The summed E-state index contributed by atoms with van der Waals surface area (Å²) in [6.45, 7) is 1.80. The third-order valence-electron chi connectivity index (χ3n) is 1.55. The topological polar surface area (TPSA) is 33.1 Å². The molecule has 72 valence electrons. The summed E-state index contributed by atoms with van der Waals surface area (Å²) in [7, 11) is 0. The summed E-state index contributed by atoms with van der Waals surface area (Å²) in [6, 6.07) is 3.28. The summed E-state index contributed by atoms with van der Waals surface area (Å²) >= 11 is 16.6. The minimum absolute atomic E-state index is 0.549. The number of hydrogen-bond acceptors (Lipinski definition) is 2. The zero-order chi connectivity index (χ0) is 10.1. The van der Waals surface area contributed by atoms with Crippen molar-refractivity contribution in [1.29, 1.82) is 0 Å². The first-order valence-corrected chi connectivity index (χ1v) is 4.72. The Balaban J connectivity index is 2.96. The number of pyridine rings is 1. The van der Waals surface area contributed by atoms with E-state index in [0.29, 0.717) is 5.56 Å². The molecule has 0 aromatic carbocycles. The lowest BCUT2D eigenvalue weighted by Gasteiger charge is -2.19. The van der Waals surface area contributed by atoms with Crippen LogP contribution in [0.15, 0.2) is 18.3 Å². The lowest BCUT2D eigenvalue weighted by molar-refractivity contribution is 0.182. The smallest absolute Gasteiger partial charge is 0.220 e. The number of rotatable bonds is 1. The van der Waals surface area contributed by atoms with Crippen LogP contribution in [-0.4, -0.2) is 13.9 Å². The molecule has 0 bridgehead atoms. The SMILES string of the molecule is Cc1cc(C(O)C(Cl)(Cl)Cl)ccn1. The van der Waals surface area contributed by atoms with Gasteiger partial charge in [0, 0.05) is 11.9 Å². The van der Waals surface area contributed by atoms with Gasteiger partial charge in [0.15, 0.2) is 0 Å². The van der Waals surface area contributed by atoms with Crippen molar-refractivity contribution in [2.45, 2.75) is 16.8 Å². The van der Waals surface area contributed by atoms with Crippen LogP contribution in [-0.2, 0) is 0 Å². The fourth-order valence-corrected chi connectivity index (χ4v) is 1.30. The minimum Gasteiger partial charge on any atom is -0.384 e. The maximum Gasteiger partial charge on any atom is 0.220 e. The Morgan fingerprint density at radius 2 is 2.08 bits per heavy atom. The number of nitrogens with zero attached hydrogens (tertiary/aromatic N) is 1. The van der Waals surface area contributed by atoms with Crippen molar-refractivity contribution in [2.75, 3.05) is 0 Å². The normalized spacial score (nSPS) is 14.2. The van der Waals surface area contributed by atoms with Crippen molar-refractivity contribution in [3.05, 3.63) is 29.6 Å². The predicted molar refractivity (Wildman–Crippen MR) is 54.2 cm³/mol. The predicted octanol–water partition coefficient (Wildman–Crippen LogP) is 2.79. The Morgan fingerprint density at radius 1 is 1.46 bits per heavy atom. The van der Waals surface area contributed by atoms with E-state index in [1.165, 1.54) is 0 Å². The minimum atomic E-state index is -1.70. The molecule has 1 unspecified atom stereocenters. The molecular weight excluding hydrogens is 232 g/mol. The fourth-order valence-electron chi connectivity index (χ4n) is 0.927. The van der Waals surface area contributed by atoms with Crippen molar-refractivity contribution in [2.24, 2.45) is 0 Å².